The second-order valence-electron chi connectivity index (χ2n) is 7.48. The van der Waals surface area contributed by atoms with Crippen LogP contribution in [0.1, 0.15) is 18.4 Å². The first-order valence-corrected chi connectivity index (χ1v) is 10.7. The molecule has 0 bridgehead atoms. The van der Waals surface area contributed by atoms with Crippen LogP contribution in [0.15, 0.2) is 58.3 Å². The smallest absolute Gasteiger partial charge is 0.392 e. The molecule has 0 saturated carbocycles. The van der Waals surface area contributed by atoms with Gasteiger partial charge in [0.15, 0.2) is 0 Å². The molecule has 1 atom stereocenters. The predicted molar refractivity (Wildman–Crippen MR) is 116 cm³/mol. The Bertz CT molecular complexity index is 1070. The highest BCUT2D eigenvalue weighted by atomic mass is 32.2. The van der Waals surface area contributed by atoms with Gasteiger partial charge in [0.1, 0.15) is 0 Å². The molecule has 2 heterocycles. The van der Waals surface area contributed by atoms with Gasteiger partial charge < -0.3 is 21.2 Å². The number of H-pyrrole nitrogens is 1. The summed E-state index contributed by atoms with van der Waals surface area (Å²) in [5.41, 5.74) is 12.8. The number of aromatic nitrogens is 1. The predicted octanol–water partition coefficient (Wildman–Crippen LogP) is 3.47. The van der Waals surface area contributed by atoms with E-state index in [0.29, 0.717) is 12.4 Å². The number of aromatic amines is 1. The fourth-order valence-electron chi connectivity index (χ4n) is 3.86. The maximum absolute atomic E-state index is 11.6. The molecule has 0 radical (unpaired) electrons. The van der Waals surface area contributed by atoms with Crippen molar-refractivity contribution in [2.75, 3.05) is 13.1 Å². The van der Waals surface area contributed by atoms with E-state index in [2.05, 4.69) is 16.0 Å². The average Bonchev–Trinajstić information content (AvgIpc) is 3.05. The summed E-state index contributed by atoms with van der Waals surface area (Å²) in [7, 11) is 0. The third-order valence-electron chi connectivity index (χ3n) is 5.26. The molecule has 7 nitrogen and oxygen atoms in total. The summed E-state index contributed by atoms with van der Waals surface area (Å²) in [6, 6.07) is 16.0. The molecule has 4 rings (SSSR count). The lowest BCUT2D eigenvalue weighted by atomic mass is 9.97. The number of nitrogens with one attached hydrogen (secondary N) is 1. The third kappa shape index (κ3) is 4.60. The number of hydrogen-bond donors (Lipinski definition) is 3. The molecule has 0 aliphatic carbocycles. The number of primary amides is 2. The maximum atomic E-state index is 11.6. The van der Waals surface area contributed by atoms with E-state index < -0.39 is 6.09 Å². The van der Waals surface area contributed by atoms with E-state index in [0.717, 1.165) is 52.2 Å². The highest BCUT2D eigenvalue weighted by Crippen LogP contribution is 2.41. The Morgan fingerprint density at radius 3 is 2.70 bits per heavy atom. The Morgan fingerprint density at radius 2 is 1.97 bits per heavy atom. The minimum absolute atomic E-state index is 0.0884. The van der Waals surface area contributed by atoms with Gasteiger partial charge in [0.05, 0.1) is 10.8 Å². The van der Waals surface area contributed by atoms with Crippen LogP contribution in [0.3, 0.4) is 0 Å². The molecule has 2 amide bonds. The molecule has 2 aromatic carbocycles. The van der Waals surface area contributed by atoms with Crippen molar-refractivity contribution < 1.29 is 14.3 Å². The first-order valence-electron chi connectivity index (χ1n) is 9.86. The van der Waals surface area contributed by atoms with E-state index in [1.165, 1.54) is 11.8 Å². The van der Waals surface area contributed by atoms with E-state index >= 15 is 0 Å². The maximum Gasteiger partial charge on any atom is 0.411 e. The van der Waals surface area contributed by atoms with E-state index in [4.69, 9.17) is 16.2 Å². The molecule has 5 N–H and O–H groups in total. The van der Waals surface area contributed by atoms with Crippen molar-refractivity contribution in [3.05, 3.63) is 54.1 Å². The zero-order valence-electron chi connectivity index (χ0n) is 16.5. The highest BCUT2D eigenvalue weighted by molar-refractivity contribution is 7.99. The summed E-state index contributed by atoms with van der Waals surface area (Å²) in [6.07, 6.45) is 0.961. The van der Waals surface area contributed by atoms with Gasteiger partial charge in [-0.2, -0.15) is 0 Å². The number of nitrogens with zero attached hydrogens (tertiary/aromatic N) is 1. The van der Waals surface area contributed by atoms with Crippen molar-refractivity contribution in [2.45, 2.75) is 29.2 Å². The normalized spacial score (nSPS) is 17.1. The standard InChI is InChI=1S/C22H24N4O3S/c23-20(27)15-5-4-10-26(13-15)12-14-8-9-18-17(11-14)19(21(25-18)29-22(24)28)30-16-6-2-1-3-7-16/h1-3,6-9,11,15,25H,4-5,10,12-13H2,(H2,23,27)(H2,24,28). The van der Waals surface area contributed by atoms with Crippen LogP contribution in [0, 0.1) is 5.92 Å². The van der Waals surface area contributed by atoms with Crippen LogP contribution in [0.4, 0.5) is 4.79 Å². The molecule has 1 aliphatic heterocycles. The molecule has 1 fully saturated rings. The van der Waals surface area contributed by atoms with Crippen LogP contribution in [-0.2, 0) is 11.3 Å². The molecule has 30 heavy (non-hydrogen) atoms. The SMILES string of the molecule is NC(=O)Oc1[nH]c2ccc(CN3CCCC(C(N)=O)C3)cc2c1Sc1ccccc1. The Kier molecular flexibility index (Phi) is 5.96. The molecular weight excluding hydrogens is 400 g/mol. The monoisotopic (exact) mass is 424 g/mol. The fraction of sp³-hybridized carbons (Fsp3) is 0.273. The quantitative estimate of drug-likeness (QED) is 0.560. The highest BCUT2D eigenvalue weighted by Gasteiger charge is 2.24. The zero-order chi connectivity index (χ0) is 21.1. The number of likely N-dealkylation sites (tertiary alicyclic amines) is 1. The van der Waals surface area contributed by atoms with Gasteiger partial charge in [-0.05, 0) is 49.2 Å². The van der Waals surface area contributed by atoms with Crippen LogP contribution in [0.5, 0.6) is 5.88 Å². The molecule has 1 saturated heterocycles. The van der Waals surface area contributed by atoms with Crippen LogP contribution in [0.2, 0.25) is 0 Å². The summed E-state index contributed by atoms with van der Waals surface area (Å²) in [6.45, 7) is 2.35. The number of benzene rings is 2. The Balaban J connectivity index is 1.64. The van der Waals surface area contributed by atoms with Crippen LogP contribution >= 0.6 is 11.8 Å². The molecule has 1 aliphatic rings. The second kappa shape index (κ2) is 8.81. The molecule has 1 aromatic heterocycles. The van der Waals surface area contributed by atoms with Gasteiger partial charge in [-0.15, -0.1) is 0 Å². The van der Waals surface area contributed by atoms with Gasteiger partial charge in [-0.3, -0.25) is 9.69 Å². The van der Waals surface area contributed by atoms with Crippen molar-refractivity contribution in [2.24, 2.45) is 17.4 Å². The Hall–Kier alpha value is -2.97. The number of fused-ring (bicyclic) bond motifs is 1. The summed E-state index contributed by atoms with van der Waals surface area (Å²) >= 11 is 1.51. The van der Waals surface area contributed by atoms with Crippen molar-refractivity contribution in [3.8, 4) is 5.88 Å². The number of hydrogen-bond acceptors (Lipinski definition) is 5. The number of rotatable bonds is 6. The van der Waals surface area contributed by atoms with Gasteiger partial charge in [0, 0.05) is 28.9 Å². The number of carbonyl (C=O) groups is 2. The van der Waals surface area contributed by atoms with Crippen molar-refractivity contribution in [3.63, 3.8) is 0 Å². The summed E-state index contributed by atoms with van der Waals surface area (Å²) in [5, 5.41) is 0.959. The minimum atomic E-state index is -0.859. The van der Waals surface area contributed by atoms with E-state index in [-0.39, 0.29) is 11.8 Å². The van der Waals surface area contributed by atoms with Gasteiger partial charge in [0.25, 0.3) is 0 Å². The molecule has 8 heteroatoms. The van der Waals surface area contributed by atoms with Crippen LogP contribution in [0.25, 0.3) is 10.9 Å². The number of amides is 2. The minimum Gasteiger partial charge on any atom is -0.392 e. The van der Waals surface area contributed by atoms with Crippen LogP contribution < -0.4 is 16.2 Å². The van der Waals surface area contributed by atoms with Gasteiger partial charge in [-0.25, -0.2) is 4.79 Å². The lowest BCUT2D eigenvalue weighted by Crippen LogP contribution is -2.40. The fourth-order valence-corrected chi connectivity index (χ4v) is 4.85. The Labute approximate surface area is 178 Å². The number of nitrogens with two attached hydrogens (primary N) is 2. The third-order valence-corrected chi connectivity index (χ3v) is 6.38. The molecule has 0 spiro atoms. The summed E-state index contributed by atoms with van der Waals surface area (Å²) < 4.78 is 5.23. The molecule has 3 aromatic rings. The first-order chi connectivity index (χ1) is 14.5. The van der Waals surface area contributed by atoms with Gasteiger partial charge in [-0.1, -0.05) is 36.0 Å². The van der Waals surface area contributed by atoms with Crippen molar-refractivity contribution in [1.29, 1.82) is 0 Å². The van der Waals surface area contributed by atoms with E-state index in [1.807, 2.05) is 42.5 Å². The van der Waals surface area contributed by atoms with Crippen molar-refractivity contribution in [1.82, 2.24) is 9.88 Å². The lowest BCUT2D eigenvalue weighted by Gasteiger charge is -2.31. The van der Waals surface area contributed by atoms with Crippen LogP contribution in [-0.4, -0.2) is 35.0 Å². The van der Waals surface area contributed by atoms with E-state index in [9.17, 15) is 9.59 Å². The summed E-state index contributed by atoms with van der Waals surface area (Å²) in [5.74, 6) is 0.0281. The molecular formula is C22H24N4O3S. The van der Waals surface area contributed by atoms with Crippen molar-refractivity contribution >= 4 is 34.7 Å². The largest absolute Gasteiger partial charge is 0.411 e. The van der Waals surface area contributed by atoms with Gasteiger partial charge >= 0.3 is 6.09 Å². The van der Waals surface area contributed by atoms with E-state index in [1.54, 1.807) is 0 Å². The molecule has 1 unspecified atom stereocenters. The number of ether oxygens (including phenoxy) is 1. The van der Waals surface area contributed by atoms with Gasteiger partial charge in [0.2, 0.25) is 11.8 Å². The zero-order valence-corrected chi connectivity index (χ0v) is 17.3. The molecule has 156 valence electrons. The Morgan fingerprint density at radius 1 is 1.17 bits per heavy atom. The first kappa shape index (κ1) is 20.3. The second-order valence-corrected chi connectivity index (χ2v) is 8.56. The number of piperidine rings is 1. The lowest BCUT2D eigenvalue weighted by molar-refractivity contribution is -0.123. The topological polar surface area (TPSA) is 114 Å². The number of carbonyl (C=O) groups excluding carboxylic acids is 2. The average molecular weight is 425 g/mol. The summed E-state index contributed by atoms with van der Waals surface area (Å²) in [4.78, 5) is 30.2.